The number of ether oxygens (including phenoxy) is 3. The van der Waals surface area contributed by atoms with Gasteiger partial charge < -0.3 is 14.2 Å². The first-order valence-corrected chi connectivity index (χ1v) is 10.9. The van der Waals surface area contributed by atoms with Gasteiger partial charge in [-0.3, -0.25) is 4.79 Å². The standard InChI is InChI=1S/C23H42O4/c1-11-18-13(3)12(2)16(6)22(25-18)27-20-15(5)14(4)19(17(7)24)26-21(20)23(8,9)10/h12-16,18-22H,11H2,1-10H3/t12-,13+,14-,15-,16?,18?,19?,20?,21+,22-/m0/s1. The Balaban J connectivity index is 2.27. The van der Waals surface area contributed by atoms with Crippen LogP contribution in [-0.2, 0) is 19.0 Å². The molecule has 158 valence electrons. The highest BCUT2D eigenvalue weighted by Gasteiger charge is 2.50. The maximum atomic E-state index is 12.1. The number of carbonyl (C=O) groups is 1. The van der Waals surface area contributed by atoms with Crippen LogP contribution in [0.2, 0.25) is 0 Å². The van der Waals surface area contributed by atoms with Crippen molar-refractivity contribution in [1.82, 2.24) is 0 Å². The lowest BCUT2D eigenvalue weighted by Crippen LogP contribution is -2.59. The topological polar surface area (TPSA) is 44.8 Å². The quantitative estimate of drug-likeness (QED) is 0.679. The minimum atomic E-state index is -0.351. The van der Waals surface area contributed by atoms with Crippen molar-refractivity contribution < 1.29 is 19.0 Å². The highest BCUT2D eigenvalue weighted by molar-refractivity contribution is 5.81. The van der Waals surface area contributed by atoms with Crippen LogP contribution in [0.4, 0.5) is 0 Å². The van der Waals surface area contributed by atoms with E-state index in [1.807, 2.05) is 0 Å². The van der Waals surface area contributed by atoms with Gasteiger partial charge in [-0.25, -0.2) is 0 Å². The third-order valence-corrected chi connectivity index (χ3v) is 7.35. The van der Waals surface area contributed by atoms with Crippen molar-refractivity contribution in [3.63, 3.8) is 0 Å². The third kappa shape index (κ3) is 4.59. The molecule has 2 saturated heterocycles. The first kappa shape index (κ1) is 22.8. The second-order valence-corrected chi connectivity index (χ2v) is 10.3. The van der Waals surface area contributed by atoms with E-state index < -0.39 is 0 Å². The SMILES string of the molecule is CCC1O[C@@H](OC2[C@@H](C)[C@H](C)C(C(C)=O)O[C@H]2C(C)(C)C)C(C)[C@@H](C)[C@H]1C. The van der Waals surface area contributed by atoms with Crippen molar-refractivity contribution >= 4 is 5.78 Å². The smallest absolute Gasteiger partial charge is 0.161 e. The molecule has 0 N–H and O–H groups in total. The van der Waals surface area contributed by atoms with Crippen LogP contribution in [0.5, 0.6) is 0 Å². The van der Waals surface area contributed by atoms with Crippen LogP contribution in [0, 0.1) is 35.0 Å². The van der Waals surface area contributed by atoms with E-state index in [0.29, 0.717) is 17.8 Å². The normalized spacial score (nSPS) is 46.3. The van der Waals surface area contributed by atoms with E-state index in [1.54, 1.807) is 6.92 Å². The fourth-order valence-electron chi connectivity index (χ4n) is 4.83. The lowest BCUT2D eigenvalue weighted by atomic mass is 9.73. The van der Waals surface area contributed by atoms with Crippen molar-refractivity contribution in [2.45, 2.75) is 106 Å². The Bertz CT molecular complexity index is 509. The molecule has 2 aliphatic rings. The predicted octanol–water partition coefficient (Wildman–Crippen LogP) is 5.09. The Labute approximate surface area is 166 Å². The van der Waals surface area contributed by atoms with Gasteiger partial charge in [-0.15, -0.1) is 0 Å². The van der Waals surface area contributed by atoms with Crippen LogP contribution in [-0.4, -0.2) is 36.5 Å². The monoisotopic (exact) mass is 382 g/mol. The maximum Gasteiger partial charge on any atom is 0.161 e. The van der Waals surface area contributed by atoms with E-state index in [2.05, 4.69) is 62.3 Å². The Hall–Kier alpha value is -0.450. The van der Waals surface area contributed by atoms with Gasteiger partial charge in [0.2, 0.25) is 0 Å². The summed E-state index contributed by atoms with van der Waals surface area (Å²) < 4.78 is 19.4. The Morgan fingerprint density at radius 3 is 1.96 bits per heavy atom. The van der Waals surface area contributed by atoms with Crippen LogP contribution >= 0.6 is 0 Å². The fraction of sp³-hybridized carbons (Fsp3) is 0.957. The number of Topliss-reactive ketones (excluding diaryl/α,β-unsaturated/α-hetero) is 1. The number of rotatable bonds is 4. The fourth-order valence-corrected chi connectivity index (χ4v) is 4.83. The van der Waals surface area contributed by atoms with Gasteiger partial charge in [0.05, 0.1) is 18.3 Å². The molecular weight excluding hydrogens is 340 g/mol. The first-order valence-electron chi connectivity index (χ1n) is 10.9. The molecule has 27 heavy (non-hydrogen) atoms. The zero-order valence-corrected chi connectivity index (χ0v) is 19.1. The highest BCUT2D eigenvalue weighted by Crippen LogP contribution is 2.43. The molecule has 0 radical (unpaired) electrons. The van der Waals surface area contributed by atoms with Gasteiger partial charge in [-0.1, -0.05) is 62.3 Å². The van der Waals surface area contributed by atoms with Crippen LogP contribution in [0.3, 0.4) is 0 Å². The van der Waals surface area contributed by atoms with Crippen molar-refractivity contribution in [3.8, 4) is 0 Å². The summed E-state index contributed by atoms with van der Waals surface area (Å²) in [7, 11) is 0. The minimum Gasteiger partial charge on any atom is -0.364 e. The number of carbonyl (C=O) groups excluding carboxylic acids is 1. The molecule has 2 fully saturated rings. The molecule has 10 atom stereocenters. The van der Waals surface area contributed by atoms with Crippen molar-refractivity contribution in [2.24, 2.45) is 35.0 Å². The molecule has 2 aliphatic heterocycles. The van der Waals surface area contributed by atoms with E-state index in [0.717, 1.165) is 6.42 Å². The molecule has 0 bridgehead atoms. The van der Waals surface area contributed by atoms with Gasteiger partial charge in [-0.2, -0.15) is 0 Å². The molecule has 0 saturated carbocycles. The molecule has 4 nitrogen and oxygen atoms in total. The summed E-state index contributed by atoms with van der Waals surface area (Å²) in [5.74, 6) is 1.87. The van der Waals surface area contributed by atoms with Gasteiger partial charge in [0.25, 0.3) is 0 Å². The van der Waals surface area contributed by atoms with Gasteiger partial charge in [0, 0.05) is 5.92 Å². The second kappa shape index (κ2) is 8.51. The van der Waals surface area contributed by atoms with E-state index in [1.165, 1.54) is 0 Å². The van der Waals surface area contributed by atoms with Crippen LogP contribution in [0.1, 0.15) is 75.7 Å². The lowest BCUT2D eigenvalue weighted by molar-refractivity contribution is -0.307. The summed E-state index contributed by atoms with van der Waals surface area (Å²) in [4.78, 5) is 12.1. The molecule has 2 rings (SSSR count). The number of ketones is 1. The van der Waals surface area contributed by atoms with Crippen LogP contribution < -0.4 is 0 Å². The summed E-state index contributed by atoms with van der Waals surface area (Å²) in [6.45, 7) is 21.5. The Morgan fingerprint density at radius 2 is 1.48 bits per heavy atom. The minimum absolute atomic E-state index is 0.0823. The number of hydrogen-bond donors (Lipinski definition) is 0. The Kier molecular flexibility index (Phi) is 7.19. The largest absolute Gasteiger partial charge is 0.364 e. The zero-order chi connectivity index (χ0) is 20.7. The van der Waals surface area contributed by atoms with Gasteiger partial charge >= 0.3 is 0 Å². The number of hydrogen-bond acceptors (Lipinski definition) is 4. The molecule has 2 heterocycles. The average Bonchev–Trinajstić information content (AvgIpc) is 2.57. The average molecular weight is 383 g/mol. The summed E-state index contributed by atoms with van der Waals surface area (Å²) in [5.41, 5.74) is -0.117. The van der Waals surface area contributed by atoms with Crippen molar-refractivity contribution in [1.29, 1.82) is 0 Å². The first-order chi connectivity index (χ1) is 12.4. The summed E-state index contributed by atoms with van der Waals surface area (Å²) in [6, 6.07) is 0. The zero-order valence-electron chi connectivity index (χ0n) is 19.1. The van der Waals surface area contributed by atoms with E-state index >= 15 is 0 Å². The predicted molar refractivity (Wildman–Crippen MR) is 108 cm³/mol. The van der Waals surface area contributed by atoms with E-state index in [4.69, 9.17) is 14.2 Å². The van der Waals surface area contributed by atoms with Crippen LogP contribution in [0.15, 0.2) is 0 Å². The molecule has 0 spiro atoms. The van der Waals surface area contributed by atoms with Crippen LogP contribution in [0.25, 0.3) is 0 Å². The third-order valence-electron chi connectivity index (χ3n) is 7.35. The molecular formula is C23H42O4. The molecule has 0 aliphatic carbocycles. The molecule has 4 heteroatoms. The summed E-state index contributed by atoms with van der Waals surface area (Å²) in [6.07, 6.45) is 0.445. The van der Waals surface area contributed by atoms with E-state index in [-0.39, 0.29) is 53.7 Å². The second-order valence-electron chi connectivity index (χ2n) is 10.3. The molecule has 0 aromatic carbocycles. The van der Waals surface area contributed by atoms with E-state index in [9.17, 15) is 4.79 Å². The van der Waals surface area contributed by atoms with Crippen molar-refractivity contribution in [2.75, 3.05) is 0 Å². The lowest BCUT2D eigenvalue weighted by Gasteiger charge is -2.51. The summed E-state index contributed by atoms with van der Waals surface area (Å²) >= 11 is 0. The Morgan fingerprint density at radius 1 is 0.889 bits per heavy atom. The maximum absolute atomic E-state index is 12.1. The van der Waals surface area contributed by atoms with Gasteiger partial charge in [-0.05, 0) is 42.4 Å². The molecule has 0 aromatic heterocycles. The van der Waals surface area contributed by atoms with Crippen molar-refractivity contribution in [3.05, 3.63) is 0 Å². The molecule has 4 unspecified atom stereocenters. The van der Waals surface area contributed by atoms with Gasteiger partial charge in [0.15, 0.2) is 12.1 Å². The molecule has 0 aromatic rings. The summed E-state index contributed by atoms with van der Waals surface area (Å²) in [5, 5.41) is 0. The molecule has 0 amide bonds. The highest BCUT2D eigenvalue weighted by atomic mass is 16.7. The van der Waals surface area contributed by atoms with Gasteiger partial charge in [0.1, 0.15) is 6.10 Å².